The van der Waals surface area contributed by atoms with Crippen LogP contribution in [0.1, 0.15) is 6.42 Å². The highest BCUT2D eigenvalue weighted by molar-refractivity contribution is 5.83. The predicted octanol–water partition coefficient (Wildman–Crippen LogP) is -0.798. The van der Waals surface area contributed by atoms with Gasteiger partial charge in [0, 0.05) is 45.2 Å². The Hall–Kier alpha value is -0.490. The molecule has 0 aliphatic carbocycles. The molecular weight excluding hydrogens is 220 g/mol. The van der Waals surface area contributed by atoms with E-state index >= 15 is 0 Å². The van der Waals surface area contributed by atoms with E-state index in [0.717, 1.165) is 45.8 Å². The Morgan fingerprint density at radius 1 is 1.24 bits per heavy atom. The molecule has 0 bridgehead atoms. The van der Waals surface area contributed by atoms with E-state index in [0.29, 0.717) is 18.9 Å². The normalized spacial score (nSPS) is 27.5. The molecule has 2 saturated heterocycles. The lowest BCUT2D eigenvalue weighted by atomic mass is 10.0. The highest BCUT2D eigenvalue weighted by atomic mass is 16.5. The molecule has 0 saturated carbocycles. The standard InChI is InChI=1S/C12H22N2O3/c15-7-6-13-2-4-14(5-3-13)9-12(16)11-1-8-17-10-11/h11,15H,1-10H2. The number of β-amino-alcohol motifs (C(OH)–C–C–N with tert-alkyl or cyclic N) is 1. The number of hydrogen-bond acceptors (Lipinski definition) is 5. The van der Waals surface area contributed by atoms with Gasteiger partial charge in [-0.25, -0.2) is 0 Å². The van der Waals surface area contributed by atoms with Gasteiger partial charge >= 0.3 is 0 Å². The van der Waals surface area contributed by atoms with Crippen molar-refractivity contribution in [3.05, 3.63) is 0 Å². The van der Waals surface area contributed by atoms with Gasteiger partial charge in [0.05, 0.1) is 19.8 Å². The van der Waals surface area contributed by atoms with Crippen LogP contribution < -0.4 is 0 Å². The van der Waals surface area contributed by atoms with Crippen molar-refractivity contribution in [1.82, 2.24) is 9.80 Å². The van der Waals surface area contributed by atoms with Gasteiger partial charge in [0.2, 0.25) is 0 Å². The molecule has 98 valence electrons. The van der Waals surface area contributed by atoms with Crippen molar-refractivity contribution < 1.29 is 14.6 Å². The predicted molar refractivity (Wildman–Crippen MR) is 63.9 cm³/mol. The number of aliphatic hydroxyl groups is 1. The second-order valence-corrected chi connectivity index (χ2v) is 4.87. The maximum Gasteiger partial charge on any atom is 0.152 e. The van der Waals surface area contributed by atoms with E-state index in [-0.39, 0.29) is 12.5 Å². The Morgan fingerprint density at radius 3 is 2.53 bits per heavy atom. The molecule has 2 rings (SSSR count). The summed E-state index contributed by atoms with van der Waals surface area (Å²) in [5, 5.41) is 8.85. The molecule has 2 fully saturated rings. The third-order valence-corrected chi connectivity index (χ3v) is 3.65. The summed E-state index contributed by atoms with van der Waals surface area (Å²) in [6.07, 6.45) is 0.892. The third-order valence-electron chi connectivity index (χ3n) is 3.65. The molecule has 0 aromatic rings. The van der Waals surface area contributed by atoms with E-state index in [1.54, 1.807) is 0 Å². The van der Waals surface area contributed by atoms with Crippen LogP contribution in [0, 0.1) is 5.92 Å². The topological polar surface area (TPSA) is 53.0 Å². The number of piperazine rings is 1. The van der Waals surface area contributed by atoms with Crippen LogP contribution in [0.2, 0.25) is 0 Å². The Labute approximate surface area is 102 Å². The molecule has 0 spiro atoms. The van der Waals surface area contributed by atoms with Crippen molar-refractivity contribution in [1.29, 1.82) is 0 Å². The van der Waals surface area contributed by atoms with Crippen LogP contribution in [-0.2, 0) is 9.53 Å². The van der Waals surface area contributed by atoms with Gasteiger partial charge in [-0.05, 0) is 6.42 Å². The summed E-state index contributed by atoms with van der Waals surface area (Å²) in [6, 6.07) is 0. The minimum Gasteiger partial charge on any atom is -0.395 e. The smallest absolute Gasteiger partial charge is 0.152 e. The molecule has 1 N–H and O–H groups in total. The molecule has 1 atom stereocenters. The minimum absolute atomic E-state index is 0.130. The van der Waals surface area contributed by atoms with Crippen molar-refractivity contribution in [3.63, 3.8) is 0 Å². The minimum atomic E-state index is 0.130. The van der Waals surface area contributed by atoms with Crippen molar-refractivity contribution >= 4 is 5.78 Å². The molecule has 17 heavy (non-hydrogen) atoms. The lowest BCUT2D eigenvalue weighted by molar-refractivity contribution is -0.124. The second-order valence-electron chi connectivity index (χ2n) is 4.87. The number of hydrogen-bond donors (Lipinski definition) is 1. The van der Waals surface area contributed by atoms with Crippen molar-refractivity contribution in [2.24, 2.45) is 5.92 Å². The number of ketones is 1. The lowest BCUT2D eigenvalue weighted by Crippen LogP contribution is -2.49. The summed E-state index contributed by atoms with van der Waals surface area (Å²) in [7, 11) is 0. The van der Waals surface area contributed by atoms with Gasteiger partial charge in [-0.2, -0.15) is 0 Å². The molecular formula is C12H22N2O3. The number of aliphatic hydroxyl groups excluding tert-OH is 1. The first kappa shape index (κ1) is 13.0. The van der Waals surface area contributed by atoms with Crippen molar-refractivity contribution in [2.75, 3.05) is 59.1 Å². The molecule has 0 aromatic carbocycles. The van der Waals surface area contributed by atoms with Crippen molar-refractivity contribution in [3.8, 4) is 0 Å². The maximum atomic E-state index is 11.9. The summed E-state index contributed by atoms with van der Waals surface area (Å²) in [4.78, 5) is 16.4. The first-order valence-electron chi connectivity index (χ1n) is 6.45. The molecule has 2 heterocycles. The van der Waals surface area contributed by atoms with Crippen LogP contribution in [0.15, 0.2) is 0 Å². The highest BCUT2D eigenvalue weighted by Crippen LogP contribution is 2.14. The zero-order valence-electron chi connectivity index (χ0n) is 10.3. The van der Waals surface area contributed by atoms with E-state index in [1.165, 1.54) is 0 Å². The molecule has 0 aromatic heterocycles. The summed E-state index contributed by atoms with van der Waals surface area (Å²) in [6.45, 7) is 6.66. The second kappa shape index (κ2) is 6.44. The lowest BCUT2D eigenvalue weighted by Gasteiger charge is -2.34. The fraction of sp³-hybridized carbons (Fsp3) is 0.917. The Kier molecular flexibility index (Phi) is 4.91. The SMILES string of the molecule is O=C(CN1CCN(CCO)CC1)C1CCOC1. The summed E-state index contributed by atoms with van der Waals surface area (Å²) in [5.74, 6) is 0.462. The van der Waals surface area contributed by atoms with Crippen LogP contribution >= 0.6 is 0 Å². The fourth-order valence-electron chi connectivity index (χ4n) is 2.45. The van der Waals surface area contributed by atoms with E-state index in [9.17, 15) is 4.79 Å². The third kappa shape index (κ3) is 3.74. The maximum absolute atomic E-state index is 11.9. The van der Waals surface area contributed by atoms with Crippen LogP contribution in [0.3, 0.4) is 0 Å². The largest absolute Gasteiger partial charge is 0.395 e. The zero-order valence-corrected chi connectivity index (χ0v) is 10.3. The Balaban J connectivity index is 1.68. The molecule has 2 aliphatic heterocycles. The zero-order chi connectivity index (χ0) is 12.1. The van der Waals surface area contributed by atoms with E-state index in [4.69, 9.17) is 9.84 Å². The van der Waals surface area contributed by atoms with E-state index in [2.05, 4.69) is 9.80 Å². The van der Waals surface area contributed by atoms with Crippen LogP contribution in [0.25, 0.3) is 0 Å². The van der Waals surface area contributed by atoms with Gasteiger partial charge < -0.3 is 9.84 Å². The van der Waals surface area contributed by atoms with Gasteiger partial charge in [-0.15, -0.1) is 0 Å². The monoisotopic (exact) mass is 242 g/mol. The van der Waals surface area contributed by atoms with Gasteiger partial charge in [0.25, 0.3) is 0 Å². The number of nitrogens with zero attached hydrogens (tertiary/aromatic N) is 2. The number of ether oxygens (including phenoxy) is 1. The van der Waals surface area contributed by atoms with Crippen LogP contribution in [0.4, 0.5) is 0 Å². The molecule has 5 heteroatoms. The first-order valence-corrected chi connectivity index (χ1v) is 6.45. The Morgan fingerprint density at radius 2 is 1.94 bits per heavy atom. The van der Waals surface area contributed by atoms with Gasteiger partial charge in [-0.1, -0.05) is 0 Å². The summed E-state index contributed by atoms with van der Waals surface area (Å²) in [5.41, 5.74) is 0. The average Bonchev–Trinajstić information content (AvgIpc) is 2.86. The van der Waals surface area contributed by atoms with Crippen LogP contribution in [-0.4, -0.2) is 79.8 Å². The Bertz CT molecular complexity index is 246. The van der Waals surface area contributed by atoms with Gasteiger partial charge in [0.1, 0.15) is 0 Å². The van der Waals surface area contributed by atoms with E-state index < -0.39 is 0 Å². The first-order chi connectivity index (χ1) is 8.29. The van der Waals surface area contributed by atoms with Gasteiger partial charge in [0.15, 0.2) is 5.78 Å². The highest BCUT2D eigenvalue weighted by Gasteiger charge is 2.26. The molecule has 2 aliphatic rings. The van der Waals surface area contributed by atoms with Crippen molar-refractivity contribution in [2.45, 2.75) is 6.42 Å². The number of rotatable bonds is 5. The number of Topliss-reactive ketones (excluding diaryl/α,β-unsaturated/α-hetero) is 1. The molecule has 5 nitrogen and oxygen atoms in total. The average molecular weight is 242 g/mol. The van der Waals surface area contributed by atoms with Gasteiger partial charge in [-0.3, -0.25) is 14.6 Å². The van der Waals surface area contributed by atoms with E-state index in [1.807, 2.05) is 0 Å². The molecule has 0 amide bonds. The fourth-order valence-corrected chi connectivity index (χ4v) is 2.45. The molecule has 0 radical (unpaired) electrons. The molecule has 1 unspecified atom stereocenters. The number of carbonyl (C=O) groups excluding carboxylic acids is 1. The van der Waals surface area contributed by atoms with Crippen LogP contribution in [0.5, 0.6) is 0 Å². The summed E-state index contributed by atoms with van der Waals surface area (Å²) >= 11 is 0. The quantitative estimate of drug-likeness (QED) is 0.684. The summed E-state index contributed by atoms with van der Waals surface area (Å²) < 4.78 is 5.24. The number of carbonyl (C=O) groups is 1.